The Labute approximate surface area is 117 Å². The number of rotatable bonds is 5. The zero-order valence-corrected chi connectivity index (χ0v) is 11.7. The molecule has 0 saturated carbocycles. The number of carbonyl (C=O) groups excluding carboxylic acids is 1. The van der Waals surface area contributed by atoms with Crippen LogP contribution in [0, 0.1) is 0 Å². The van der Waals surface area contributed by atoms with E-state index in [0.717, 1.165) is 43.4 Å². The molecule has 0 saturated heterocycles. The van der Waals surface area contributed by atoms with Crippen LogP contribution in [-0.4, -0.2) is 40.6 Å². The number of carboxylic acids is 1. The third kappa shape index (κ3) is 3.37. The molecule has 110 valence electrons. The van der Waals surface area contributed by atoms with Gasteiger partial charge in [0.2, 0.25) is 0 Å². The van der Waals surface area contributed by atoms with E-state index in [-0.39, 0.29) is 12.3 Å². The number of aliphatic carboxylic acids is 1. The summed E-state index contributed by atoms with van der Waals surface area (Å²) in [6, 6.07) is 0. The molecular formula is C14H20N2O4. The fourth-order valence-electron chi connectivity index (χ4n) is 2.48. The van der Waals surface area contributed by atoms with Crippen LogP contribution in [0.3, 0.4) is 0 Å². The van der Waals surface area contributed by atoms with Gasteiger partial charge in [0.25, 0.3) is 5.91 Å². The maximum absolute atomic E-state index is 12.3. The van der Waals surface area contributed by atoms with E-state index >= 15 is 0 Å². The van der Waals surface area contributed by atoms with Crippen molar-refractivity contribution in [2.45, 2.75) is 44.9 Å². The van der Waals surface area contributed by atoms with E-state index in [1.165, 1.54) is 4.90 Å². The van der Waals surface area contributed by atoms with Crippen molar-refractivity contribution in [3.05, 3.63) is 17.0 Å². The predicted molar refractivity (Wildman–Crippen MR) is 71.6 cm³/mol. The molecule has 1 aromatic rings. The average Bonchev–Trinajstić information content (AvgIpc) is 2.66. The van der Waals surface area contributed by atoms with Crippen molar-refractivity contribution >= 4 is 11.9 Å². The minimum Gasteiger partial charge on any atom is -0.481 e. The molecule has 1 aromatic heterocycles. The molecule has 1 aliphatic rings. The van der Waals surface area contributed by atoms with Gasteiger partial charge in [0.1, 0.15) is 5.76 Å². The molecule has 0 aliphatic heterocycles. The number of nitrogens with zero attached hydrogens (tertiary/aromatic N) is 2. The topological polar surface area (TPSA) is 83.6 Å². The number of aryl methyl sites for hydroxylation is 1. The lowest BCUT2D eigenvalue weighted by Gasteiger charge is -2.15. The first-order valence-corrected chi connectivity index (χ1v) is 7.04. The minimum absolute atomic E-state index is 0.0640. The molecule has 0 unspecified atom stereocenters. The highest BCUT2D eigenvalue weighted by molar-refractivity contribution is 5.93. The van der Waals surface area contributed by atoms with E-state index in [1.54, 1.807) is 7.05 Å². The van der Waals surface area contributed by atoms with Crippen molar-refractivity contribution in [1.82, 2.24) is 10.1 Å². The van der Waals surface area contributed by atoms with Gasteiger partial charge in [-0.2, -0.15) is 0 Å². The predicted octanol–water partition coefficient (Wildman–Crippen LogP) is 1.88. The maximum Gasteiger partial charge on any atom is 0.303 e. The third-order valence-electron chi connectivity index (χ3n) is 3.63. The summed E-state index contributed by atoms with van der Waals surface area (Å²) in [5, 5.41) is 12.5. The van der Waals surface area contributed by atoms with Crippen molar-refractivity contribution in [3.8, 4) is 0 Å². The Morgan fingerprint density at radius 2 is 2.05 bits per heavy atom. The summed E-state index contributed by atoms with van der Waals surface area (Å²) in [7, 11) is 1.67. The molecule has 1 heterocycles. The van der Waals surface area contributed by atoms with E-state index in [0.29, 0.717) is 18.7 Å². The van der Waals surface area contributed by atoms with Crippen LogP contribution >= 0.6 is 0 Å². The van der Waals surface area contributed by atoms with E-state index in [1.807, 2.05) is 0 Å². The van der Waals surface area contributed by atoms with Crippen molar-refractivity contribution in [2.24, 2.45) is 0 Å². The van der Waals surface area contributed by atoms with Gasteiger partial charge in [-0.05, 0) is 25.7 Å². The highest BCUT2D eigenvalue weighted by Gasteiger charge is 2.25. The van der Waals surface area contributed by atoms with E-state index in [2.05, 4.69) is 5.16 Å². The lowest BCUT2D eigenvalue weighted by molar-refractivity contribution is -0.137. The number of carbonyl (C=O) groups is 2. The van der Waals surface area contributed by atoms with Gasteiger partial charge in [-0.3, -0.25) is 9.59 Å². The SMILES string of the molecule is CN(CCCC(=O)O)C(=O)c1noc2c1CCCCC2. The first-order valence-electron chi connectivity index (χ1n) is 7.04. The molecule has 6 heteroatoms. The summed E-state index contributed by atoms with van der Waals surface area (Å²) in [4.78, 5) is 24.3. The molecule has 1 N–H and O–H groups in total. The number of aromatic nitrogens is 1. The maximum atomic E-state index is 12.3. The Morgan fingerprint density at radius 1 is 1.30 bits per heavy atom. The molecule has 0 fully saturated rings. The summed E-state index contributed by atoms with van der Waals surface area (Å²) < 4.78 is 5.29. The largest absolute Gasteiger partial charge is 0.481 e. The molecule has 0 bridgehead atoms. The van der Waals surface area contributed by atoms with E-state index in [4.69, 9.17) is 9.63 Å². The molecule has 0 atom stereocenters. The lowest BCUT2D eigenvalue weighted by atomic mass is 10.1. The number of fused-ring (bicyclic) bond motifs is 1. The molecule has 0 aromatic carbocycles. The molecule has 1 aliphatic carbocycles. The summed E-state index contributed by atoms with van der Waals surface area (Å²) in [6.07, 6.45) is 5.46. The summed E-state index contributed by atoms with van der Waals surface area (Å²) in [5.74, 6) is -0.187. The van der Waals surface area contributed by atoms with E-state index in [9.17, 15) is 9.59 Å². The van der Waals surface area contributed by atoms with Crippen LogP contribution in [0.25, 0.3) is 0 Å². The molecular weight excluding hydrogens is 260 g/mol. The van der Waals surface area contributed by atoms with Gasteiger partial charge < -0.3 is 14.5 Å². The number of hydrogen-bond acceptors (Lipinski definition) is 4. The molecule has 20 heavy (non-hydrogen) atoms. The van der Waals surface area contributed by atoms with Crippen molar-refractivity contribution < 1.29 is 19.2 Å². The van der Waals surface area contributed by atoms with E-state index < -0.39 is 5.97 Å². The van der Waals surface area contributed by atoms with Gasteiger partial charge in [0.05, 0.1) is 0 Å². The quantitative estimate of drug-likeness (QED) is 0.832. The van der Waals surface area contributed by atoms with Crippen LogP contribution in [0.4, 0.5) is 0 Å². The molecule has 2 rings (SSSR count). The second-order valence-corrected chi connectivity index (χ2v) is 5.22. The molecule has 6 nitrogen and oxygen atoms in total. The fraction of sp³-hybridized carbons (Fsp3) is 0.643. The Bertz CT molecular complexity index is 495. The summed E-state index contributed by atoms with van der Waals surface area (Å²) in [5.41, 5.74) is 1.34. The van der Waals surface area contributed by atoms with Gasteiger partial charge in [-0.25, -0.2) is 0 Å². The Kier molecular flexibility index (Phi) is 4.76. The van der Waals surface area contributed by atoms with Crippen LogP contribution in [0.2, 0.25) is 0 Å². The molecule has 0 radical (unpaired) electrons. The number of carboxylic acid groups (broad SMARTS) is 1. The normalized spacial score (nSPS) is 14.4. The number of amides is 1. The summed E-state index contributed by atoms with van der Waals surface area (Å²) >= 11 is 0. The average molecular weight is 280 g/mol. The van der Waals surface area contributed by atoms with Crippen molar-refractivity contribution in [3.63, 3.8) is 0 Å². The monoisotopic (exact) mass is 280 g/mol. The Morgan fingerprint density at radius 3 is 2.80 bits per heavy atom. The van der Waals surface area contributed by atoms with Crippen molar-refractivity contribution in [2.75, 3.05) is 13.6 Å². The number of hydrogen-bond donors (Lipinski definition) is 1. The van der Waals surface area contributed by atoms with Crippen LogP contribution < -0.4 is 0 Å². The van der Waals surface area contributed by atoms with Crippen LogP contribution in [0.15, 0.2) is 4.52 Å². The Balaban J connectivity index is 2.01. The fourth-order valence-corrected chi connectivity index (χ4v) is 2.48. The third-order valence-corrected chi connectivity index (χ3v) is 3.63. The first kappa shape index (κ1) is 14.6. The Hall–Kier alpha value is -1.85. The van der Waals surface area contributed by atoms with Crippen LogP contribution in [0.1, 0.15) is 53.9 Å². The molecule has 1 amide bonds. The van der Waals surface area contributed by atoms with Crippen molar-refractivity contribution in [1.29, 1.82) is 0 Å². The highest BCUT2D eigenvalue weighted by atomic mass is 16.5. The minimum atomic E-state index is -0.846. The highest BCUT2D eigenvalue weighted by Crippen LogP contribution is 2.24. The second kappa shape index (κ2) is 6.54. The van der Waals surface area contributed by atoms with Gasteiger partial charge in [-0.1, -0.05) is 11.6 Å². The zero-order chi connectivity index (χ0) is 14.5. The van der Waals surface area contributed by atoms with Gasteiger partial charge in [-0.15, -0.1) is 0 Å². The summed E-state index contributed by atoms with van der Waals surface area (Å²) in [6.45, 7) is 0.409. The van der Waals surface area contributed by atoms with Gasteiger partial charge >= 0.3 is 5.97 Å². The van der Waals surface area contributed by atoms with Crippen LogP contribution in [0.5, 0.6) is 0 Å². The van der Waals surface area contributed by atoms with Crippen LogP contribution in [-0.2, 0) is 17.6 Å². The van der Waals surface area contributed by atoms with Gasteiger partial charge in [0.15, 0.2) is 5.69 Å². The molecule has 0 spiro atoms. The lowest BCUT2D eigenvalue weighted by Crippen LogP contribution is -2.29. The smallest absolute Gasteiger partial charge is 0.303 e. The second-order valence-electron chi connectivity index (χ2n) is 5.22. The zero-order valence-electron chi connectivity index (χ0n) is 11.7. The van der Waals surface area contributed by atoms with Gasteiger partial charge in [0, 0.05) is 32.0 Å². The first-order chi connectivity index (χ1) is 9.59. The standard InChI is InChI=1S/C14H20N2O4/c1-16(9-5-8-12(17)18)14(19)13-10-6-3-2-4-7-11(10)20-15-13/h2-9H2,1H3,(H,17,18).